The van der Waals surface area contributed by atoms with Gasteiger partial charge in [-0.3, -0.25) is 14.7 Å². The first kappa shape index (κ1) is 18.2. The number of halogens is 3. The van der Waals surface area contributed by atoms with Crippen LogP contribution in [0.15, 0.2) is 57.6 Å². The van der Waals surface area contributed by atoms with E-state index in [2.05, 4.69) is 20.6 Å². The minimum absolute atomic E-state index is 0.204. The second-order valence-corrected chi connectivity index (χ2v) is 7.10. The van der Waals surface area contributed by atoms with Crippen molar-refractivity contribution in [3.63, 3.8) is 0 Å². The van der Waals surface area contributed by atoms with Gasteiger partial charge in [0.2, 0.25) is 11.9 Å². The molecule has 2 N–H and O–H groups in total. The van der Waals surface area contributed by atoms with Crippen LogP contribution in [0, 0.1) is 6.92 Å². The summed E-state index contributed by atoms with van der Waals surface area (Å²) in [5.41, 5.74) is -0.298. The number of nitrogens with zero attached hydrogens (tertiary/aromatic N) is 3. The van der Waals surface area contributed by atoms with Crippen molar-refractivity contribution in [1.82, 2.24) is 9.55 Å². The van der Waals surface area contributed by atoms with Crippen LogP contribution in [0.1, 0.15) is 22.3 Å². The molecule has 0 saturated heterocycles. The fraction of sp³-hybridized carbons (Fsp3) is 0.167. The normalized spacial score (nSPS) is 16.1. The van der Waals surface area contributed by atoms with Crippen LogP contribution in [-0.2, 0) is 6.18 Å². The maximum absolute atomic E-state index is 13.0. The molecule has 1 atom stereocenters. The van der Waals surface area contributed by atoms with E-state index in [4.69, 9.17) is 0 Å². The molecule has 28 heavy (non-hydrogen) atoms. The molecular weight excluding hydrogens is 391 g/mol. The summed E-state index contributed by atoms with van der Waals surface area (Å²) in [6.07, 6.45) is -5.11. The van der Waals surface area contributed by atoms with Gasteiger partial charge < -0.3 is 5.32 Å². The summed E-state index contributed by atoms with van der Waals surface area (Å²) in [7, 11) is 0. The molecule has 4 rings (SSSR count). The third-order valence-corrected chi connectivity index (χ3v) is 4.97. The number of guanidine groups is 1. The molecule has 0 spiro atoms. The fourth-order valence-corrected chi connectivity index (χ4v) is 3.60. The molecular formula is C18H14F3N5OS. The summed E-state index contributed by atoms with van der Waals surface area (Å²) in [6, 6.07) is 9.89. The smallest absolute Gasteiger partial charge is 0.326 e. The van der Waals surface area contributed by atoms with Crippen molar-refractivity contribution in [1.29, 1.82) is 0 Å². The highest BCUT2D eigenvalue weighted by molar-refractivity contribution is 7.10. The van der Waals surface area contributed by atoms with E-state index in [1.807, 2.05) is 17.5 Å². The van der Waals surface area contributed by atoms with Gasteiger partial charge in [0.25, 0.3) is 5.56 Å². The van der Waals surface area contributed by atoms with Crippen molar-refractivity contribution in [3.8, 4) is 0 Å². The maximum atomic E-state index is 13.0. The van der Waals surface area contributed by atoms with Gasteiger partial charge in [-0.1, -0.05) is 12.1 Å². The summed E-state index contributed by atoms with van der Waals surface area (Å²) in [6.45, 7) is 1.69. The molecule has 3 aromatic rings. The molecule has 3 heterocycles. The minimum atomic E-state index is -4.45. The van der Waals surface area contributed by atoms with E-state index < -0.39 is 17.9 Å². The van der Waals surface area contributed by atoms with Gasteiger partial charge in [-0.15, -0.1) is 11.3 Å². The molecule has 6 nitrogen and oxygen atoms in total. The average molecular weight is 405 g/mol. The van der Waals surface area contributed by atoms with Crippen LogP contribution in [0.2, 0.25) is 0 Å². The number of anilines is 2. The van der Waals surface area contributed by atoms with Crippen molar-refractivity contribution in [3.05, 3.63) is 74.3 Å². The van der Waals surface area contributed by atoms with E-state index in [0.717, 1.165) is 17.0 Å². The zero-order valence-electron chi connectivity index (χ0n) is 14.5. The highest BCUT2D eigenvalue weighted by atomic mass is 32.1. The zero-order chi connectivity index (χ0) is 19.9. The standard InChI is InChI=1S/C18H14F3N5OS/c1-10-8-14(27)26-15(13-6-3-7-28-13)24-16(25-17(26)22-10)23-12-5-2-4-11(9-12)18(19,20)21/h2-9,15H,1H3,(H2,22,23,24,25). The molecule has 1 aliphatic rings. The Labute approximate surface area is 161 Å². The predicted octanol–water partition coefficient (Wildman–Crippen LogP) is 4.07. The van der Waals surface area contributed by atoms with Crippen molar-refractivity contribution in [2.75, 3.05) is 10.6 Å². The van der Waals surface area contributed by atoms with E-state index >= 15 is 0 Å². The number of alkyl halides is 3. The lowest BCUT2D eigenvalue weighted by atomic mass is 10.2. The van der Waals surface area contributed by atoms with E-state index in [1.165, 1.54) is 34.1 Å². The topological polar surface area (TPSA) is 71.3 Å². The number of aromatic nitrogens is 2. The zero-order valence-corrected chi connectivity index (χ0v) is 15.3. The highest BCUT2D eigenvalue weighted by Crippen LogP contribution is 2.32. The van der Waals surface area contributed by atoms with Gasteiger partial charge in [-0.2, -0.15) is 13.2 Å². The first-order valence-electron chi connectivity index (χ1n) is 8.24. The molecule has 2 aromatic heterocycles. The first-order chi connectivity index (χ1) is 13.3. The van der Waals surface area contributed by atoms with Crippen LogP contribution in [0.5, 0.6) is 0 Å². The number of thiophene rings is 1. The van der Waals surface area contributed by atoms with E-state index in [0.29, 0.717) is 5.69 Å². The predicted molar refractivity (Wildman–Crippen MR) is 102 cm³/mol. The van der Waals surface area contributed by atoms with Crippen molar-refractivity contribution in [2.24, 2.45) is 4.99 Å². The Hall–Kier alpha value is -3.14. The van der Waals surface area contributed by atoms with E-state index in [1.54, 1.807) is 6.92 Å². The number of hydrogen-bond acceptors (Lipinski definition) is 6. The van der Waals surface area contributed by atoms with Gasteiger partial charge in [-0.05, 0) is 36.6 Å². The third kappa shape index (κ3) is 3.50. The van der Waals surface area contributed by atoms with Crippen LogP contribution in [0.4, 0.5) is 24.8 Å². The Morgan fingerprint density at radius 3 is 2.75 bits per heavy atom. The van der Waals surface area contributed by atoms with Gasteiger partial charge in [0.05, 0.1) is 5.56 Å². The summed E-state index contributed by atoms with van der Waals surface area (Å²) < 4.78 is 40.3. The molecule has 0 radical (unpaired) electrons. The summed E-state index contributed by atoms with van der Waals surface area (Å²) in [5, 5.41) is 7.60. The van der Waals surface area contributed by atoms with Crippen LogP contribution >= 0.6 is 11.3 Å². The second-order valence-electron chi connectivity index (χ2n) is 6.12. The Kier molecular flexibility index (Phi) is 4.42. The fourth-order valence-electron chi connectivity index (χ4n) is 2.85. The van der Waals surface area contributed by atoms with Gasteiger partial charge >= 0.3 is 6.18 Å². The molecule has 0 bridgehead atoms. The molecule has 0 amide bonds. The number of hydrogen-bond donors (Lipinski definition) is 2. The lowest BCUT2D eigenvalue weighted by Gasteiger charge is -2.26. The van der Waals surface area contributed by atoms with Gasteiger partial charge in [-0.25, -0.2) is 9.98 Å². The molecule has 144 valence electrons. The Morgan fingerprint density at radius 2 is 2.04 bits per heavy atom. The quantitative estimate of drug-likeness (QED) is 0.674. The monoisotopic (exact) mass is 405 g/mol. The van der Waals surface area contributed by atoms with E-state index in [9.17, 15) is 18.0 Å². The summed E-state index contributed by atoms with van der Waals surface area (Å²) >= 11 is 1.42. The van der Waals surface area contributed by atoms with E-state index in [-0.39, 0.29) is 23.2 Å². The molecule has 1 aromatic carbocycles. The van der Waals surface area contributed by atoms with Crippen LogP contribution in [0.3, 0.4) is 0 Å². The lowest BCUT2D eigenvalue weighted by Crippen LogP contribution is -2.37. The molecule has 0 fully saturated rings. The summed E-state index contributed by atoms with van der Waals surface area (Å²) in [4.78, 5) is 22.1. The third-order valence-electron chi connectivity index (χ3n) is 4.06. The first-order valence-corrected chi connectivity index (χ1v) is 9.12. The SMILES string of the molecule is Cc1cc(=O)n2c(n1)NC(Nc1cccc(C(F)(F)F)c1)=NC2c1cccs1. The molecule has 1 unspecified atom stereocenters. The lowest BCUT2D eigenvalue weighted by molar-refractivity contribution is -0.137. The summed E-state index contributed by atoms with van der Waals surface area (Å²) in [5.74, 6) is 0.475. The number of nitrogens with one attached hydrogen (secondary N) is 2. The van der Waals surface area contributed by atoms with Crippen LogP contribution < -0.4 is 16.2 Å². The van der Waals surface area contributed by atoms with Crippen molar-refractivity contribution >= 4 is 28.9 Å². The van der Waals surface area contributed by atoms with Crippen LogP contribution in [0.25, 0.3) is 0 Å². The van der Waals surface area contributed by atoms with Crippen molar-refractivity contribution < 1.29 is 13.2 Å². The number of fused-ring (bicyclic) bond motifs is 1. The molecule has 10 heteroatoms. The number of aliphatic imine (C=N–C) groups is 1. The number of benzene rings is 1. The number of aryl methyl sites for hydroxylation is 1. The molecule has 1 aliphatic heterocycles. The molecule has 0 saturated carbocycles. The average Bonchev–Trinajstić information content (AvgIpc) is 3.14. The minimum Gasteiger partial charge on any atom is -0.326 e. The maximum Gasteiger partial charge on any atom is 0.416 e. The Bertz CT molecular complexity index is 1110. The Balaban J connectivity index is 1.74. The van der Waals surface area contributed by atoms with Crippen LogP contribution in [-0.4, -0.2) is 15.5 Å². The van der Waals surface area contributed by atoms with Gasteiger partial charge in [0.1, 0.15) is 0 Å². The largest absolute Gasteiger partial charge is 0.416 e. The Morgan fingerprint density at radius 1 is 1.21 bits per heavy atom. The highest BCUT2D eigenvalue weighted by Gasteiger charge is 2.31. The molecule has 0 aliphatic carbocycles. The van der Waals surface area contributed by atoms with Gasteiger partial charge in [0.15, 0.2) is 6.17 Å². The second kappa shape index (κ2) is 6.79. The number of rotatable bonds is 2. The van der Waals surface area contributed by atoms with Gasteiger partial charge in [0, 0.05) is 22.3 Å². The van der Waals surface area contributed by atoms with Crippen molar-refractivity contribution in [2.45, 2.75) is 19.3 Å².